The van der Waals surface area contributed by atoms with Gasteiger partial charge in [0.2, 0.25) is 0 Å². The monoisotopic (exact) mass is 352 g/mol. The van der Waals surface area contributed by atoms with E-state index in [0.29, 0.717) is 17.7 Å². The summed E-state index contributed by atoms with van der Waals surface area (Å²) in [6, 6.07) is 6.72. The van der Waals surface area contributed by atoms with Crippen molar-refractivity contribution in [1.82, 2.24) is 9.80 Å². The molecule has 4 nitrogen and oxygen atoms in total. The molecule has 1 aromatic carbocycles. The molecule has 4 heterocycles. The van der Waals surface area contributed by atoms with E-state index >= 15 is 0 Å². The molecule has 0 N–H and O–H groups in total. The molecule has 6 rings (SSSR count). The summed E-state index contributed by atoms with van der Waals surface area (Å²) in [5.74, 6) is 2.16. The van der Waals surface area contributed by atoms with Crippen LogP contribution in [0.4, 0.5) is 0 Å². The zero-order chi connectivity index (χ0) is 17.8. The van der Waals surface area contributed by atoms with Crippen LogP contribution >= 0.6 is 0 Å². The van der Waals surface area contributed by atoms with E-state index in [0.717, 1.165) is 41.1 Å². The first-order valence-electron chi connectivity index (χ1n) is 10.1. The number of furan rings is 1. The minimum atomic E-state index is 0.0847. The highest BCUT2D eigenvalue weighted by atomic mass is 16.3. The predicted molar refractivity (Wildman–Crippen MR) is 102 cm³/mol. The van der Waals surface area contributed by atoms with Gasteiger partial charge in [0.15, 0.2) is 5.76 Å². The van der Waals surface area contributed by atoms with Crippen LogP contribution in [0.1, 0.15) is 47.4 Å². The van der Waals surface area contributed by atoms with Crippen molar-refractivity contribution in [2.75, 3.05) is 26.2 Å². The van der Waals surface area contributed by atoms with Crippen LogP contribution in [0.15, 0.2) is 22.6 Å². The van der Waals surface area contributed by atoms with E-state index < -0.39 is 0 Å². The van der Waals surface area contributed by atoms with Crippen molar-refractivity contribution in [1.29, 1.82) is 0 Å². The van der Waals surface area contributed by atoms with Gasteiger partial charge in [0.25, 0.3) is 5.91 Å². The van der Waals surface area contributed by atoms with E-state index in [1.807, 2.05) is 13.0 Å². The van der Waals surface area contributed by atoms with Gasteiger partial charge in [0.1, 0.15) is 5.58 Å². The van der Waals surface area contributed by atoms with Gasteiger partial charge in [0.05, 0.1) is 0 Å². The summed E-state index contributed by atoms with van der Waals surface area (Å²) in [5, 5.41) is 1.06. The van der Waals surface area contributed by atoms with Gasteiger partial charge in [-0.25, -0.2) is 0 Å². The number of amides is 1. The first-order chi connectivity index (χ1) is 12.6. The van der Waals surface area contributed by atoms with Crippen LogP contribution in [0.2, 0.25) is 0 Å². The van der Waals surface area contributed by atoms with Crippen molar-refractivity contribution in [2.45, 2.75) is 45.6 Å². The highest BCUT2D eigenvalue weighted by Crippen LogP contribution is 2.35. The highest BCUT2D eigenvalue weighted by Gasteiger charge is 2.39. The Bertz CT molecular complexity index is 851. The first kappa shape index (κ1) is 16.4. The molecule has 3 aliphatic heterocycles. The number of rotatable bonds is 3. The Labute approximate surface area is 155 Å². The molecule has 4 heteroatoms. The molecular formula is C22H28N2O2. The first-order valence-corrected chi connectivity index (χ1v) is 10.1. The Hall–Kier alpha value is -1.81. The summed E-state index contributed by atoms with van der Waals surface area (Å²) >= 11 is 0. The smallest absolute Gasteiger partial charge is 0.289 e. The van der Waals surface area contributed by atoms with Crippen LogP contribution in [0, 0.1) is 25.7 Å². The lowest BCUT2D eigenvalue weighted by molar-refractivity contribution is 0.0706. The molecule has 2 bridgehead atoms. The lowest BCUT2D eigenvalue weighted by Gasteiger charge is -2.36. The molecular weight excluding hydrogens is 324 g/mol. The molecule has 4 fully saturated rings. The van der Waals surface area contributed by atoms with Crippen LogP contribution in [0.5, 0.6) is 0 Å². The predicted octanol–water partition coefficient (Wildman–Crippen LogP) is 4.00. The van der Waals surface area contributed by atoms with Crippen LogP contribution in [-0.4, -0.2) is 47.9 Å². The number of carbonyl (C=O) groups excluding carboxylic acids is 1. The van der Waals surface area contributed by atoms with E-state index in [1.54, 1.807) is 0 Å². The molecule has 0 unspecified atom stereocenters. The zero-order valence-electron chi connectivity index (χ0n) is 15.8. The number of piperidine rings is 1. The SMILES string of the molecule is Cc1ccc2c(C)c(C(=O)N3C[C@H]4CC[C@@H](C3)N(CC3CC3)C4)oc2c1. The largest absolute Gasteiger partial charge is 0.451 e. The van der Waals surface area contributed by atoms with Gasteiger partial charge in [-0.3, -0.25) is 9.69 Å². The average molecular weight is 352 g/mol. The highest BCUT2D eigenvalue weighted by molar-refractivity contribution is 5.99. The van der Waals surface area contributed by atoms with Gasteiger partial charge in [0, 0.05) is 43.2 Å². The van der Waals surface area contributed by atoms with Crippen molar-refractivity contribution < 1.29 is 9.21 Å². The van der Waals surface area contributed by atoms with Gasteiger partial charge < -0.3 is 9.32 Å². The summed E-state index contributed by atoms with van der Waals surface area (Å²) in [7, 11) is 0. The summed E-state index contributed by atoms with van der Waals surface area (Å²) in [6.07, 6.45) is 5.29. The molecule has 1 saturated carbocycles. The van der Waals surface area contributed by atoms with Crippen LogP contribution in [0.25, 0.3) is 11.0 Å². The van der Waals surface area contributed by atoms with Crippen molar-refractivity contribution in [2.24, 2.45) is 11.8 Å². The molecule has 2 atom stereocenters. The Morgan fingerprint density at radius 2 is 1.96 bits per heavy atom. The number of fused-ring (bicyclic) bond motifs is 5. The summed E-state index contributed by atoms with van der Waals surface area (Å²) < 4.78 is 6.02. The van der Waals surface area contributed by atoms with Crippen LogP contribution in [0.3, 0.4) is 0 Å². The Morgan fingerprint density at radius 3 is 2.77 bits per heavy atom. The fourth-order valence-electron chi connectivity index (χ4n) is 4.88. The number of nitrogens with zero attached hydrogens (tertiary/aromatic N) is 2. The van der Waals surface area contributed by atoms with Crippen molar-refractivity contribution in [3.05, 3.63) is 35.1 Å². The normalized spacial score (nSPS) is 26.5. The summed E-state index contributed by atoms with van der Waals surface area (Å²) in [6.45, 7) is 8.22. The van der Waals surface area contributed by atoms with Gasteiger partial charge in [-0.15, -0.1) is 0 Å². The fourth-order valence-corrected chi connectivity index (χ4v) is 4.88. The lowest BCUT2D eigenvalue weighted by Crippen LogP contribution is -2.45. The van der Waals surface area contributed by atoms with E-state index in [4.69, 9.17) is 4.42 Å². The number of carbonyl (C=O) groups is 1. The third-order valence-corrected chi connectivity index (χ3v) is 6.59. The molecule has 4 aliphatic rings. The third-order valence-electron chi connectivity index (χ3n) is 6.59. The standard InChI is InChI=1S/C22H28N2O2/c1-14-3-8-19-15(2)21(26-20(19)9-14)22(25)24-12-17-6-7-18(13-24)23(11-17)10-16-4-5-16/h3,8-9,16-18H,4-7,10-13H2,1-2H3/t17-,18-/m0/s1. The van der Waals surface area contributed by atoms with E-state index in [1.165, 1.54) is 38.8 Å². The lowest BCUT2D eigenvalue weighted by atomic mass is 9.95. The fraction of sp³-hybridized carbons (Fsp3) is 0.591. The van der Waals surface area contributed by atoms with E-state index in [9.17, 15) is 4.79 Å². The second-order valence-corrected chi connectivity index (χ2v) is 8.76. The van der Waals surface area contributed by atoms with Gasteiger partial charge >= 0.3 is 0 Å². The summed E-state index contributed by atoms with van der Waals surface area (Å²) in [4.78, 5) is 18.1. The minimum absolute atomic E-state index is 0.0847. The van der Waals surface area contributed by atoms with Crippen molar-refractivity contribution in [3.8, 4) is 0 Å². The number of hydrogen-bond donors (Lipinski definition) is 0. The van der Waals surface area contributed by atoms with Crippen LogP contribution < -0.4 is 0 Å². The second-order valence-electron chi connectivity index (χ2n) is 8.76. The topological polar surface area (TPSA) is 36.7 Å². The molecule has 1 aromatic heterocycles. The third kappa shape index (κ3) is 2.84. The molecule has 1 amide bonds. The minimum Gasteiger partial charge on any atom is -0.451 e. The van der Waals surface area contributed by atoms with Crippen molar-refractivity contribution >= 4 is 16.9 Å². The van der Waals surface area contributed by atoms with E-state index in [-0.39, 0.29) is 5.91 Å². The van der Waals surface area contributed by atoms with Crippen molar-refractivity contribution in [3.63, 3.8) is 0 Å². The Morgan fingerprint density at radius 1 is 1.12 bits per heavy atom. The molecule has 2 aromatic rings. The maximum Gasteiger partial charge on any atom is 0.289 e. The molecule has 0 spiro atoms. The average Bonchev–Trinajstić information content (AvgIpc) is 3.42. The molecule has 3 saturated heterocycles. The maximum atomic E-state index is 13.3. The Balaban J connectivity index is 1.41. The maximum absolute atomic E-state index is 13.3. The second kappa shape index (κ2) is 6.12. The summed E-state index contributed by atoms with van der Waals surface area (Å²) in [5.41, 5.74) is 2.98. The Kier molecular flexibility index (Phi) is 3.85. The number of benzene rings is 1. The van der Waals surface area contributed by atoms with Gasteiger partial charge in [-0.2, -0.15) is 0 Å². The molecule has 138 valence electrons. The van der Waals surface area contributed by atoms with Crippen LogP contribution in [-0.2, 0) is 0 Å². The molecule has 1 aliphatic carbocycles. The number of aryl methyl sites for hydroxylation is 2. The zero-order valence-corrected chi connectivity index (χ0v) is 15.8. The van der Waals surface area contributed by atoms with Gasteiger partial charge in [-0.05, 0) is 63.0 Å². The molecule has 26 heavy (non-hydrogen) atoms. The van der Waals surface area contributed by atoms with Gasteiger partial charge in [-0.1, -0.05) is 12.1 Å². The van der Waals surface area contributed by atoms with E-state index in [2.05, 4.69) is 28.9 Å². The quantitative estimate of drug-likeness (QED) is 0.838. The molecule has 0 radical (unpaired) electrons. The number of hydrogen-bond acceptors (Lipinski definition) is 3.